The molecular weight excluding hydrogens is 194 g/mol. The van der Waals surface area contributed by atoms with Gasteiger partial charge in [0.2, 0.25) is 0 Å². The number of fused-ring (bicyclic) bond motifs is 1. The largest absolute Gasteiger partial charge is 0.489 e. The number of esters is 1. The first-order valence-electron chi connectivity index (χ1n) is 4.79. The maximum atomic E-state index is 11.5. The Morgan fingerprint density at radius 2 is 2.33 bits per heavy atom. The second kappa shape index (κ2) is 3.81. The van der Waals surface area contributed by atoms with E-state index in [2.05, 4.69) is 4.90 Å². The molecule has 1 heterocycles. The van der Waals surface area contributed by atoms with E-state index in [1.807, 2.05) is 19.2 Å². The van der Waals surface area contributed by atoms with Gasteiger partial charge in [0, 0.05) is 7.05 Å². The number of methoxy groups -OCH3 is 1. The summed E-state index contributed by atoms with van der Waals surface area (Å²) in [6.07, 6.45) is 0. The third-order valence-electron chi connectivity index (χ3n) is 2.48. The molecule has 0 aromatic heterocycles. The molecule has 0 saturated carbocycles. The lowest BCUT2D eigenvalue weighted by atomic mass is 10.1. The molecule has 0 unspecified atom stereocenters. The minimum Gasteiger partial charge on any atom is -0.489 e. The number of benzene rings is 1. The standard InChI is InChI=1S/C11H13NO3/c1-12-6-7-15-10-8(11(13)14-2)4-3-5-9(10)12/h3-5H,6-7H2,1-2H3. The first-order chi connectivity index (χ1) is 7.24. The van der Waals surface area contributed by atoms with Crippen LogP contribution in [0.1, 0.15) is 10.4 Å². The number of para-hydroxylation sites is 1. The minimum atomic E-state index is -0.359. The number of carbonyl (C=O) groups excluding carboxylic acids is 1. The number of anilines is 1. The van der Waals surface area contributed by atoms with Gasteiger partial charge >= 0.3 is 5.97 Å². The van der Waals surface area contributed by atoms with Crippen molar-refractivity contribution in [3.63, 3.8) is 0 Å². The quantitative estimate of drug-likeness (QED) is 0.651. The predicted octanol–water partition coefficient (Wildman–Crippen LogP) is 1.30. The lowest BCUT2D eigenvalue weighted by Gasteiger charge is -2.28. The first-order valence-corrected chi connectivity index (χ1v) is 4.79. The fourth-order valence-electron chi connectivity index (χ4n) is 1.65. The highest BCUT2D eigenvalue weighted by atomic mass is 16.5. The summed E-state index contributed by atoms with van der Waals surface area (Å²) in [6.45, 7) is 1.43. The zero-order valence-electron chi connectivity index (χ0n) is 8.82. The SMILES string of the molecule is COC(=O)c1cccc2c1OCCN2C. The normalized spacial score (nSPS) is 14.1. The minimum absolute atomic E-state index is 0.359. The van der Waals surface area contributed by atoms with Crippen molar-refractivity contribution in [1.29, 1.82) is 0 Å². The number of nitrogens with zero attached hydrogens (tertiary/aromatic N) is 1. The van der Waals surface area contributed by atoms with Gasteiger partial charge in [0.15, 0.2) is 5.75 Å². The molecule has 0 amide bonds. The number of likely N-dealkylation sites (N-methyl/N-ethyl adjacent to an activating group) is 1. The van der Waals surface area contributed by atoms with Gasteiger partial charge < -0.3 is 14.4 Å². The van der Waals surface area contributed by atoms with E-state index in [1.54, 1.807) is 6.07 Å². The van der Waals surface area contributed by atoms with Crippen LogP contribution >= 0.6 is 0 Å². The topological polar surface area (TPSA) is 38.8 Å². The molecule has 0 radical (unpaired) electrons. The Labute approximate surface area is 88.4 Å². The summed E-state index contributed by atoms with van der Waals surface area (Å²) in [6, 6.07) is 5.47. The molecule has 4 heteroatoms. The summed E-state index contributed by atoms with van der Waals surface area (Å²) >= 11 is 0. The van der Waals surface area contributed by atoms with Gasteiger partial charge in [0.25, 0.3) is 0 Å². The van der Waals surface area contributed by atoms with E-state index in [9.17, 15) is 4.79 Å². The molecule has 1 aliphatic heterocycles. The molecule has 2 rings (SSSR count). The lowest BCUT2D eigenvalue weighted by molar-refractivity contribution is 0.0596. The Kier molecular flexibility index (Phi) is 2.49. The highest BCUT2D eigenvalue weighted by molar-refractivity contribution is 5.95. The van der Waals surface area contributed by atoms with Crippen LogP contribution in [-0.4, -0.2) is 33.3 Å². The molecular formula is C11H13NO3. The second-order valence-electron chi connectivity index (χ2n) is 3.42. The molecule has 4 nitrogen and oxygen atoms in total. The fourth-order valence-corrected chi connectivity index (χ4v) is 1.65. The number of hydrogen-bond acceptors (Lipinski definition) is 4. The van der Waals surface area contributed by atoms with Gasteiger partial charge in [-0.15, -0.1) is 0 Å². The zero-order valence-corrected chi connectivity index (χ0v) is 8.82. The summed E-state index contributed by atoms with van der Waals surface area (Å²) in [5.74, 6) is 0.264. The van der Waals surface area contributed by atoms with Crippen molar-refractivity contribution in [3.05, 3.63) is 23.8 Å². The van der Waals surface area contributed by atoms with Crippen molar-refractivity contribution >= 4 is 11.7 Å². The van der Waals surface area contributed by atoms with Gasteiger partial charge in [0.05, 0.1) is 19.3 Å². The number of carbonyl (C=O) groups is 1. The monoisotopic (exact) mass is 207 g/mol. The Balaban J connectivity index is 2.49. The van der Waals surface area contributed by atoms with Crippen LogP contribution in [0.25, 0.3) is 0 Å². The fraction of sp³-hybridized carbons (Fsp3) is 0.364. The van der Waals surface area contributed by atoms with Crippen LogP contribution in [0.2, 0.25) is 0 Å². The summed E-state index contributed by atoms with van der Waals surface area (Å²) in [5, 5.41) is 0. The highest BCUT2D eigenvalue weighted by Crippen LogP contribution is 2.34. The third kappa shape index (κ3) is 1.63. The second-order valence-corrected chi connectivity index (χ2v) is 3.42. The Hall–Kier alpha value is -1.71. The zero-order chi connectivity index (χ0) is 10.8. The molecule has 0 aliphatic carbocycles. The molecule has 0 spiro atoms. The van der Waals surface area contributed by atoms with Gasteiger partial charge in [0.1, 0.15) is 12.2 Å². The maximum absolute atomic E-state index is 11.5. The molecule has 15 heavy (non-hydrogen) atoms. The van der Waals surface area contributed by atoms with Crippen LogP contribution in [0.4, 0.5) is 5.69 Å². The molecule has 80 valence electrons. The highest BCUT2D eigenvalue weighted by Gasteiger charge is 2.21. The molecule has 0 fully saturated rings. The average molecular weight is 207 g/mol. The third-order valence-corrected chi connectivity index (χ3v) is 2.48. The Morgan fingerprint density at radius 3 is 3.07 bits per heavy atom. The summed E-state index contributed by atoms with van der Waals surface area (Å²) in [4.78, 5) is 13.5. The molecule has 1 aromatic rings. The van der Waals surface area contributed by atoms with Crippen LogP contribution in [0.15, 0.2) is 18.2 Å². The Bertz CT molecular complexity index is 389. The van der Waals surface area contributed by atoms with Crippen LogP contribution in [0.5, 0.6) is 5.75 Å². The van der Waals surface area contributed by atoms with Gasteiger partial charge in [-0.3, -0.25) is 0 Å². The van der Waals surface area contributed by atoms with Crippen molar-refractivity contribution in [2.45, 2.75) is 0 Å². The molecule has 1 aromatic carbocycles. The summed E-state index contributed by atoms with van der Waals surface area (Å²) in [7, 11) is 3.34. The molecule has 0 N–H and O–H groups in total. The van der Waals surface area contributed by atoms with E-state index >= 15 is 0 Å². The van der Waals surface area contributed by atoms with E-state index in [0.717, 1.165) is 12.2 Å². The number of rotatable bonds is 1. The Morgan fingerprint density at radius 1 is 1.53 bits per heavy atom. The first kappa shape index (κ1) is 9.83. The summed E-state index contributed by atoms with van der Waals surface area (Å²) in [5.41, 5.74) is 1.42. The van der Waals surface area contributed by atoms with E-state index < -0.39 is 0 Å². The van der Waals surface area contributed by atoms with Gasteiger partial charge in [-0.1, -0.05) is 6.07 Å². The van der Waals surface area contributed by atoms with Crippen molar-refractivity contribution in [1.82, 2.24) is 0 Å². The van der Waals surface area contributed by atoms with Crippen LogP contribution in [0, 0.1) is 0 Å². The molecule has 0 atom stereocenters. The number of ether oxygens (including phenoxy) is 2. The van der Waals surface area contributed by atoms with Crippen LogP contribution in [-0.2, 0) is 4.74 Å². The molecule has 1 aliphatic rings. The van der Waals surface area contributed by atoms with Crippen molar-refractivity contribution in [2.24, 2.45) is 0 Å². The van der Waals surface area contributed by atoms with Crippen molar-refractivity contribution in [3.8, 4) is 5.75 Å². The molecule has 0 saturated heterocycles. The van der Waals surface area contributed by atoms with Crippen molar-refractivity contribution < 1.29 is 14.3 Å². The van der Waals surface area contributed by atoms with Gasteiger partial charge in [-0.25, -0.2) is 4.79 Å². The van der Waals surface area contributed by atoms with Crippen molar-refractivity contribution in [2.75, 3.05) is 32.2 Å². The van der Waals surface area contributed by atoms with E-state index in [0.29, 0.717) is 17.9 Å². The smallest absolute Gasteiger partial charge is 0.341 e. The maximum Gasteiger partial charge on any atom is 0.341 e. The predicted molar refractivity (Wildman–Crippen MR) is 56.5 cm³/mol. The average Bonchev–Trinajstić information content (AvgIpc) is 2.28. The molecule has 0 bridgehead atoms. The summed E-state index contributed by atoms with van der Waals surface area (Å²) < 4.78 is 10.2. The lowest BCUT2D eigenvalue weighted by Crippen LogP contribution is -2.29. The van der Waals surface area contributed by atoms with Crippen LogP contribution in [0.3, 0.4) is 0 Å². The van der Waals surface area contributed by atoms with E-state index in [1.165, 1.54) is 7.11 Å². The van der Waals surface area contributed by atoms with E-state index in [-0.39, 0.29) is 5.97 Å². The van der Waals surface area contributed by atoms with Gasteiger partial charge in [-0.05, 0) is 12.1 Å². The van der Waals surface area contributed by atoms with Crippen LogP contribution < -0.4 is 9.64 Å². The van der Waals surface area contributed by atoms with Gasteiger partial charge in [-0.2, -0.15) is 0 Å². The van der Waals surface area contributed by atoms with E-state index in [4.69, 9.17) is 9.47 Å². The number of hydrogen-bond donors (Lipinski definition) is 0.